The predicted molar refractivity (Wildman–Crippen MR) is 85.0 cm³/mol. The van der Waals surface area contributed by atoms with E-state index in [0.29, 0.717) is 0 Å². The lowest BCUT2D eigenvalue weighted by Crippen LogP contribution is -2.34. The van der Waals surface area contributed by atoms with Crippen LogP contribution in [0.1, 0.15) is 12.8 Å². The molecule has 2 N–H and O–H groups in total. The van der Waals surface area contributed by atoms with Crippen LogP contribution >= 0.6 is 12.4 Å². The predicted octanol–water partition coefficient (Wildman–Crippen LogP) is 2.23. The molecule has 1 aliphatic heterocycles. The number of halogens is 1. The van der Waals surface area contributed by atoms with E-state index < -0.39 is 0 Å². The molecule has 2 heterocycles. The molecule has 1 amide bonds. The smallest absolute Gasteiger partial charge is 0.227 e. The number of rotatable bonds is 3. The van der Waals surface area contributed by atoms with Crippen LogP contribution in [-0.2, 0) is 4.79 Å². The molecule has 0 radical (unpaired) electrons. The van der Waals surface area contributed by atoms with Crippen LogP contribution in [0.2, 0.25) is 0 Å². The second kappa shape index (κ2) is 7.24. The van der Waals surface area contributed by atoms with Crippen LogP contribution < -0.4 is 10.6 Å². The highest BCUT2D eigenvalue weighted by atomic mass is 35.5. The first-order chi connectivity index (χ1) is 9.84. The Balaban J connectivity index is 0.00000161. The summed E-state index contributed by atoms with van der Waals surface area (Å²) in [6.07, 6.45) is 5.40. The lowest BCUT2D eigenvalue weighted by molar-refractivity contribution is -0.120. The maximum Gasteiger partial charge on any atom is 0.227 e. The zero-order chi connectivity index (χ0) is 13.8. The molecule has 1 aliphatic rings. The highest BCUT2D eigenvalue weighted by molar-refractivity contribution is 5.94. The average Bonchev–Trinajstić information content (AvgIpc) is 3.03. The van der Waals surface area contributed by atoms with E-state index in [0.717, 1.165) is 37.3 Å². The van der Waals surface area contributed by atoms with Crippen LogP contribution in [0.5, 0.6) is 0 Å². The van der Waals surface area contributed by atoms with Gasteiger partial charge in [0, 0.05) is 18.3 Å². The Morgan fingerprint density at radius 1 is 1.24 bits per heavy atom. The van der Waals surface area contributed by atoms with Crippen LogP contribution in [0.4, 0.5) is 5.69 Å². The molecule has 0 spiro atoms. The van der Waals surface area contributed by atoms with Crippen molar-refractivity contribution in [2.75, 3.05) is 18.4 Å². The summed E-state index contributed by atoms with van der Waals surface area (Å²) >= 11 is 0. The maximum atomic E-state index is 12.3. The summed E-state index contributed by atoms with van der Waals surface area (Å²) in [6.45, 7) is 1.83. The molecule has 0 bridgehead atoms. The summed E-state index contributed by atoms with van der Waals surface area (Å²) < 4.78 is 1.76. The van der Waals surface area contributed by atoms with E-state index in [2.05, 4.69) is 15.7 Å². The summed E-state index contributed by atoms with van der Waals surface area (Å²) in [5.41, 5.74) is 1.69. The molecule has 2 aromatic rings. The standard InChI is InChI=1S/C15H18N4O.ClH/c20-15(12-6-9-16-10-7-12)18-13-4-1-2-5-14(13)19-11-3-8-17-19;/h1-5,8,11-12,16H,6-7,9-10H2,(H,18,20);1H. The number of piperidine rings is 1. The van der Waals surface area contributed by atoms with E-state index in [1.165, 1.54) is 0 Å². The van der Waals surface area contributed by atoms with Gasteiger partial charge in [-0.3, -0.25) is 4.79 Å². The number of carbonyl (C=O) groups is 1. The van der Waals surface area contributed by atoms with Crippen LogP contribution in [0, 0.1) is 5.92 Å². The zero-order valence-electron chi connectivity index (χ0n) is 11.7. The van der Waals surface area contributed by atoms with Crippen molar-refractivity contribution >= 4 is 24.0 Å². The molecular formula is C15H19ClN4O. The van der Waals surface area contributed by atoms with Crippen molar-refractivity contribution in [1.82, 2.24) is 15.1 Å². The van der Waals surface area contributed by atoms with Gasteiger partial charge in [-0.25, -0.2) is 4.68 Å². The minimum atomic E-state index is 0. The second-order valence-electron chi connectivity index (χ2n) is 4.98. The minimum Gasteiger partial charge on any atom is -0.324 e. The first-order valence-corrected chi connectivity index (χ1v) is 6.95. The number of carbonyl (C=O) groups excluding carboxylic acids is 1. The number of amides is 1. The molecule has 0 aliphatic carbocycles. The van der Waals surface area contributed by atoms with E-state index in [4.69, 9.17) is 0 Å². The third kappa shape index (κ3) is 3.62. The van der Waals surface area contributed by atoms with Gasteiger partial charge in [-0.2, -0.15) is 5.10 Å². The van der Waals surface area contributed by atoms with Crippen molar-refractivity contribution in [1.29, 1.82) is 0 Å². The normalized spacial score (nSPS) is 15.2. The molecule has 6 heteroatoms. The van der Waals surface area contributed by atoms with Gasteiger partial charge in [0.25, 0.3) is 0 Å². The van der Waals surface area contributed by atoms with Gasteiger partial charge in [-0.1, -0.05) is 12.1 Å². The number of hydrogen-bond acceptors (Lipinski definition) is 3. The third-order valence-electron chi connectivity index (χ3n) is 3.62. The fraction of sp³-hybridized carbons (Fsp3) is 0.333. The van der Waals surface area contributed by atoms with Gasteiger partial charge in [0.1, 0.15) is 0 Å². The van der Waals surface area contributed by atoms with Gasteiger partial charge >= 0.3 is 0 Å². The molecule has 21 heavy (non-hydrogen) atoms. The fourth-order valence-electron chi connectivity index (χ4n) is 2.51. The zero-order valence-corrected chi connectivity index (χ0v) is 12.5. The monoisotopic (exact) mass is 306 g/mol. The summed E-state index contributed by atoms with van der Waals surface area (Å²) in [5.74, 6) is 0.202. The molecule has 0 unspecified atom stereocenters. The minimum absolute atomic E-state index is 0. The van der Waals surface area contributed by atoms with E-state index >= 15 is 0 Å². The summed E-state index contributed by atoms with van der Waals surface area (Å²) in [7, 11) is 0. The Morgan fingerprint density at radius 2 is 2.00 bits per heavy atom. The quantitative estimate of drug-likeness (QED) is 0.914. The number of nitrogens with zero attached hydrogens (tertiary/aromatic N) is 2. The van der Waals surface area contributed by atoms with E-state index in [-0.39, 0.29) is 24.2 Å². The van der Waals surface area contributed by atoms with Gasteiger partial charge in [-0.15, -0.1) is 12.4 Å². The molecule has 1 aromatic heterocycles. The fourth-order valence-corrected chi connectivity index (χ4v) is 2.51. The maximum absolute atomic E-state index is 12.3. The van der Waals surface area contributed by atoms with Crippen molar-refractivity contribution < 1.29 is 4.79 Å². The Morgan fingerprint density at radius 3 is 2.71 bits per heavy atom. The Labute approximate surface area is 130 Å². The largest absolute Gasteiger partial charge is 0.324 e. The van der Waals surface area contributed by atoms with Gasteiger partial charge in [-0.05, 0) is 44.1 Å². The number of benzene rings is 1. The van der Waals surface area contributed by atoms with Crippen molar-refractivity contribution in [2.24, 2.45) is 5.92 Å². The molecule has 1 fully saturated rings. The molecular weight excluding hydrogens is 288 g/mol. The molecule has 3 rings (SSSR count). The molecule has 5 nitrogen and oxygen atoms in total. The average molecular weight is 307 g/mol. The van der Waals surface area contributed by atoms with Crippen LogP contribution in [-0.4, -0.2) is 28.8 Å². The van der Waals surface area contributed by atoms with Gasteiger partial charge in [0.15, 0.2) is 0 Å². The second-order valence-corrected chi connectivity index (χ2v) is 4.98. The van der Waals surface area contributed by atoms with Crippen molar-refractivity contribution in [3.8, 4) is 5.69 Å². The van der Waals surface area contributed by atoms with Crippen molar-refractivity contribution in [2.45, 2.75) is 12.8 Å². The molecule has 0 atom stereocenters. The first kappa shape index (κ1) is 15.5. The number of para-hydroxylation sites is 2. The number of nitrogens with one attached hydrogen (secondary N) is 2. The summed E-state index contributed by atoms with van der Waals surface area (Å²) in [4.78, 5) is 12.3. The van der Waals surface area contributed by atoms with E-state index in [9.17, 15) is 4.79 Å². The number of anilines is 1. The Hall–Kier alpha value is -1.85. The first-order valence-electron chi connectivity index (χ1n) is 6.95. The SMILES string of the molecule is Cl.O=C(Nc1ccccc1-n1cccn1)C1CCNCC1. The Kier molecular flexibility index (Phi) is 5.36. The third-order valence-corrected chi connectivity index (χ3v) is 3.62. The summed E-state index contributed by atoms with van der Waals surface area (Å²) in [5, 5.41) is 10.5. The number of hydrogen-bond donors (Lipinski definition) is 2. The highest BCUT2D eigenvalue weighted by Gasteiger charge is 2.21. The topological polar surface area (TPSA) is 59.0 Å². The van der Waals surface area contributed by atoms with E-state index in [1.807, 2.05) is 36.5 Å². The van der Waals surface area contributed by atoms with Gasteiger partial charge < -0.3 is 10.6 Å². The lowest BCUT2D eigenvalue weighted by Gasteiger charge is -2.22. The van der Waals surface area contributed by atoms with Crippen LogP contribution in [0.3, 0.4) is 0 Å². The van der Waals surface area contributed by atoms with Crippen molar-refractivity contribution in [3.63, 3.8) is 0 Å². The number of aromatic nitrogens is 2. The molecule has 112 valence electrons. The highest BCUT2D eigenvalue weighted by Crippen LogP contribution is 2.21. The molecule has 0 saturated carbocycles. The van der Waals surface area contributed by atoms with Crippen LogP contribution in [0.15, 0.2) is 42.7 Å². The Bertz CT molecular complexity index is 579. The summed E-state index contributed by atoms with van der Waals surface area (Å²) in [6, 6.07) is 9.59. The van der Waals surface area contributed by atoms with E-state index in [1.54, 1.807) is 10.9 Å². The van der Waals surface area contributed by atoms with Gasteiger partial charge in [0.2, 0.25) is 5.91 Å². The van der Waals surface area contributed by atoms with Crippen molar-refractivity contribution in [3.05, 3.63) is 42.7 Å². The molecule has 1 aromatic carbocycles. The molecule has 1 saturated heterocycles. The van der Waals surface area contributed by atoms with Gasteiger partial charge in [0.05, 0.1) is 11.4 Å². The lowest BCUT2D eigenvalue weighted by atomic mass is 9.97. The van der Waals surface area contributed by atoms with Crippen LogP contribution in [0.25, 0.3) is 5.69 Å².